The minimum atomic E-state index is -0.908. The predicted octanol–water partition coefficient (Wildman–Crippen LogP) is 3.02. The first-order valence-electron chi connectivity index (χ1n) is 5.70. The van der Waals surface area contributed by atoms with Crippen molar-refractivity contribution in [2.45, 2.75) is 19.9 Å². The van der Waals surface area contributed by atoms with Gasteiger partial charge in [0.05, 0.1) is 12.1 Å². The molecule has 18 heavy (non-hydrogen) atoms. The highest BCUT2D eigenvalue weighted by atomic mass is 32.1. The van der Waals surface area contributed by atoms with Crippen molar-refractivity contribution < 1.29 is 9.90 Å². The Hall–Kier alpha value is -1.88. The Morgan fingerprint density at radius 2 is 2.11 bits per heavy atom. The number of hydrogen-bond donors (Lipinski definition) is 2. The lowest BCUT2D eigenvalue weighted by molar-refractivity contribution is 0.0697. The summed E-state index contributed by atoms with van der Waals surface area (Å²) in [7, 11) is 0. The highest BCUT2D eigenvalue weighted by molar-refractivity contribution is 7.11. The van der Waals surface area contributed by atoms with Gasteiger partial charge in [-0.15, -0.1) is 11.3 Å². The first-order valence-corrected chi connectivity index (χ1v) is 6.51. The van der Waals surface area contributed by atoms with Crippen molar-refractivity contribution in [3.05, 3.63) is 45.9 Å². The molecule has 1 aromatic heterocycles. The molecule has 0 fully saturated rings. The summed E-state index contributed by atoms with van der Waals surface area (Å²) in [6, 6.07) is 6.70. The van der Waals surface area contributed by atoms with E-state index in [1.165, 1.54) is 4.88 Å². The lowest BCUT2D eigenvalue weighted by atomic mass is 10.2. The van der Waals surface area contributed by atoms with Gasteiger partial charge in [0.1, 0.15) is 5.01 Å². The normalized spacial score (nSPS) is 10.3. The van der Waals surface area contributed by atoms with Gasteiger partial charge in [-0.3, -0.25) is 0 Å². The van der Waals surface area contributed by atoms with E-state index in [0.29, 0.717) is 12.1 Å². The van der Waals surface area contributed by atoms with Gasteiger partial charge in [-0.05, 0) is 30.7 Å². The van der Waals surface area contributed by atoms with E-state index >= 15 is 0 Å². The van der Waals surface area contributed by atoms with Crippen LogP contribution in [0.2, 0.25) is 0 Å². The molecule has 2 rings (SSSR count). The molecule has 4 nitrogen and oxygen atoms in total. The fourth-order valence-electron chi connectivity index (χ4n) is 1.50. The molecule has 0 spiro atoms. The summed E-state index contributed by atoms with van der Waals surface area (Å²) in [5, 5.41) is 13.0. The molecule has 0 aliphatic rings. The second-order valence-electron chi connectivity index (χ2n) is 3.81. The molecule has 0 radical (unpaired) electrons. The Balaban J connectivity index is 1.95. The fraction of sp³-hybridized carbons (Fsp3) is 0.231. The van der Waals surface area contributed by atoms with Gasteiger partial charge in [0.25, 0.3) is 0 Å². The van der Waals surface area contributed by atoms with Crippen molar-refractivity contribution in [3.8, 4) is 0 Å². The zero-order valence-corrected chi connectivity index (χ0v) is 10.8. The highest BCUT2D eigenvalue weighted by Crippen LogP contribution is 2.16. The Morgan fingerprint density at radius 1 is 1.39 bits per heavy atom. The Labute approximate surface area is 109 Å². The number of aromatic carboxylic acids is 1. The number of aryl methyl sites for hydroxylation is 1. The van der Waals surface area contributed by atoms with E-state index < -0.39 is 5.97 Å². The van der Waals surface area contributed by atoms with Gasteiger partial charge in [0.2, 0.25) is 0 Å². The number of benzene rings is 1. The number of aromatic nitrogens is 1. The molecule has 1 heterocycles. The van der Waals surface area contributed by atoms with Crippen LogP contribution in [0.25, 0.3) is 0 Å². The maximum absolute atomic E-state index is 10.7. The first kappa shape index (κ1) is 12.6. The predicted molar refractivity (Wildman–Crippen MR) is 72.2 cm³/mol. The topological polar surface area (TPSA) is 62.2 Å². The molecule has 2 N–H and O–H groups in total. The molecule has 1 aromatic carbocycles. The molecular formula is C13H14N2O2S. The van der Waals surface area contributed by atoms with Crippen molar-refractivity contribution in [2.24, 2.45) is 0 Å². The van der Waals surface area contributed by atoms with Crippen LogP contribution in [0.5, 0.6) is 0 Å². The van der Waals surface area contributed by atoms with Gasteiger partial charge in [-0.25, -0.2) is 9.78 Å². The van der Waals surface area contributed by atoms with Crippen LogP contribution in [0.4, 0.5) is 5.69 Å². The molecule has 0 aliphatic carbocycles. The quantitative estimate of drug-likeness (QED) is 0.869. The summed E-state index contributed by atoms with van der Waals surface area (Å²) in [5.74, 6) is -0.908. The number of carboxylic acid groups (broad SMARTS) is 1. The van der Waals surface area contributed by atoms with Gasteiger partial charge in [0.15, 0.2) is 0 Å². The van der Waals surface area contributed by atoms with Gasteiger partial charge in [0, 0.05) is 16.8 Å². The smallest absolute Gasteiger partial charge is 0.335 e. The lowest BCUT2D eigenvalue weighted by Gasteiger charge is -2.04. The summed E-state index contributed by atoms with van der Waals surface area (Å²) in [5.41, 5.74) is 1.19. The second-order valence-corrected chi connectivity index (χ2v) is 5.01. The largest absolute Gasteiger partial charge is 0.478 e. The number of carboxylic acids is 1. The molecule has 94 valence electrons. The van der Waals surface area contributed by atoms with Crippen LogP contribution in [0, 0.1) is 0 Å². The van der Waals surface area contributed by atoms with Crippen LogP contribution in [0.15, 0.2) is 30.5 Å². The van der Waals surface area contributed by atoms with Gasteiger partial charge in [-0.2, -0.15) is 0 Å². The third-order valence-corrected chi connectivity index (χ3v) is 3.67. The van der Waals surface area contributed by atoms with Gasteiger partial charge in [-0.1, -0.05) is 6.92 Å². The minimum Gasteiger partial charge on any atom is -0.478 e. The summed E-state index contributed by atoms with van der Waals surface area (Å²) >= 11 is 1.69. The van der Waals surface area contributed by atoms with E-state index in [9.17, 15) is 4.79 Å². The molecule has 0 aliphatic heterocycles. The summed E-state index contributed by atoms with van der Waals surface area (Å²) in [6.07, 6.45) is 2.90. The lowest BCUT2D eigenvalue weighted by Crippen LogP contribution is -2.00. The fourth-order valence-corrected chi connectivity index (χ4v) is 2.30. The average molecular weight is 262 g/mol. The minimum absolute atomic E-state index is 0.295. The molecular weight excluding hydrogens is 248 g/mol. The van der Waals surface area contributed by atoms with Gasteiger partial charge < -0.3 is 10.4 Å². The number of carbonyl (C=O) groups is 1. The maximum atomic E-state index is 10.7. The van der Waals surface area contributed by atoms with Crippen LogP contribution in [0.1, 0.15) is 27.2 Å². The Kier molecular flexibility index (Phi) is 3.94. The van der Waals surface area contributed by atoms with Crippen LogP contribution in [0.3, 0.4) is 0 Å². The molecule has 0 saturated carbocycles. The van der Waals surface area contributed by atoms with E-state index in [-0.39, 0.29) is 0 Å². The first-order chi connectivity index (χ1) is 8.69. The third-order valence-electron chi connectivity index (χ3n) is 2.53. The standard InChI is InChI=1S/C13H14N2O2S/c1-2-11-7-15-12(18-11)8-14-10-5-3-9(4-6-10)13(16)17/h3-7,14H,2,8H2,1H3,(H,16,17). The van der Waals surface area contributed by atoms with Crippen LogP contribution in [-0.4, -0.2) is 16.1 Å². The zero-order valence-electron chi connectivity index (χ0n) is 10.0. The van der Waals surface area contributed by atoms with E-state index in [2.05, 4.69) is 17.2 Å². The molecule has 2 aromatic rings. The third kappa shape index (κ3) is 3.07. The second kappa shape index (κ2) is 5.64. The average Bonchev–Trinajstić information content (AvgIpc) is 2.85. The van der Waals surface area contributed by atoms with Crippen molar-refractivity contribution >= 4 is 23.0 Å². The van der Waals surface area contributed by atoms with E-state index in [0.717, 1.165) is 17.1 Å². The van der Waals surface area contributed by atoms with Crippen LogP contribution in [-0.2, 0) is 13.0 Å². The maximum Gasteiger partial charge on any atom is 0.335 e. The van der Waals surface area contributed by atoms with Crippen LogP contribution < -0.4 is 5.32 Å². The number of anilines is 1. The van der Waals surface area contributed by atoms with E-state index in [1.807, 2.05) is 6.20 Å². The number of thiazole rings is 1. The van der Waals surface area contributed by atoms with Crippen molar-refractivity contribution in [3.63, 3.8) is 0 Å². The van der Waals surface area contributed by atoms with Crippen molar-refractivity contribution in [2.75, 3.05) is 5.32 Å². The molecule has 0 unspecified atom stereocenters. The summed E-state index contributed by atoms with van der Waals surface area (Å²) < 4.78 is 0. The summed E-state index contributed by atoms with van der Waals surface area (Å²) in [6.45, 7) is 2.77. The van der Waals surface area contributed by atoms with Gasteiger partial charge >= 0.3 is 5.97 Å². The number of nitrogens with one attached hydrogen (secondary N) is 1. The SMILES string of the molecule is CCc1cnc(CNc2ccc(C(=O)O)cc2)s1. The van der Waals surface area contributed by atoms with Crippen molar-refractivity contribution in [1.29, 1.82) is 0 Å². The summed E-state index contributed by atoms with van der Waals surface area (Å²) in [4.78, 5) is 16.3. The van der Waals surface area contributed by atoms with Crippen molar-refractivity contribution in [1.82, 2.24) is 4.98 Å². The number of hydrogen-bond acceptors (Lipinski definition) is 4. The molecule has 0 atom stereocenters. The van der Waals surface area contributed by atoms with E-state index in [4.69, 9.17) is 5.11 Å². The molecule has 0 amide bonds. The zero-order chi connectivity index (χ0) is 13.0. The molecule has 0 saturated heterocycles. The Morgan fingerprint density at radius 3 is 2.67 bits per heavy atom. The molecule has 5 heteroatoms. The van der Waals surface area contributed by atoms with Crippen LogP contribution >= 0.6 is 11.3 Å². The van der Waals surface area contributed by atoms with E-state index in [1.54, 1.807) is 35.6 Å². The molecule has 0 bridgehead atoms. The Bertz CT molecular complexity index is 534. The monoisotopic (exact) mass is 262 g/mol. The number of rotatable bonds is 5. The number of nitrogens with zero attached hydrogens (tertiary/aromatic N) is 1. The highest BCUT2D eigenvalue weighted by Gasteiger charge is 2.03.